The highest BCUT2D eigenvalue weighted by Crippen LogP contribution is 1.97. The van der Waals surface area contributed by atoms with Gasteiger partial charge in [0.1, 0.15) is 0 Å². The average Bonchev–Trinajstić information content (AvgIpc) is 2.10. The normalized spacial score (nSPS) is 13.2. The molecule has 3 nitrogen and oxygen atoms in total. The van der Waals surface area contributed by atoms with E-state index in [1.165, 1.54) is 0 Å². The molecule has 0 aromatic rings. The Morgan fingerprint density at radius 1 is 1.33 bits per heavy atom. The van der Waals surface area contributed by atoms with E-state index in [0.29, 0.717) is 26.4 Å². The van der Waals surface area contributed by atoms with Gasteiger partial charge in [-0.25, -0.2) is 0 Å². The van der Waals surface area contributed by atoms with Crippen LogP contribution >= 0.6 is 0 Å². The van der Waals surface area contributed by atoms with Crippen LogP contribution in [-0.2, 0) is 14.2 Å². The quantitative estimate of drug-likeness (QED) is 0.520. The standard InChI is InChI=1S/C9H19O3/c1-4-9(12-5-2)8-11-7-6-10-3/h9H,1,4-8H2,2-3H3. The van der Waals surface area contributed by atoms with Crippen molar-refractivity contribution in [3.63, 3.8) is 0 Å². The van der Waals surface area contributed by atoms with E-state index in [0.717, 1.165) is 6.42 Å². The van der Waals surface area contributed by atoms with Crippen molar-refractivity contribution in [1.82, 2.24) is 0 Å². The van der Waals surface area contributed by atoms with Crippen LogP contribution < -0.4 is 0 Å². The van der Waals surface area contributed by atoms with Gasteiger partial charge in [-0.1, -0.05) is 6.92 Å². The molecule has 0 aromatic heterocycles. The van der Waals surface area contributed by atoms with Gasteiger partial charge in [0.05, 0.1) is 25.9 Å². The molecule has 0 rings (SSSR count). The Labute approximate surface area is 75.0 Å². The highest BCUT2D eigenvalue weighted by Gasteiger charge is 2.04. The lowest BCUT2D eigenvalue weighted by Crippen LogP contribution is -2.20. The van der Waals surface area contributed by atoms with Gasteiger partial charge in [0.2, 0.25) is 0 Å². The molecule has 0 saturated heterocycles. The zero-order chi connectivity index (χ0) is 9.23. The van der Waals surface area contributed by atoms with Gasteiger partial charge in [0.15, 0.2) is 0 Å². The molecule has 1 atom stereocenters. The fourth-order valence-corrected chi connectivity index (χ4v) is 0.808. The van der Waals surface area contributed by atoms with E-state index < -0.39 is 0 Å². The summed E-state index contributed by atoms with van der Waals surface area (Å²) in [5.74, 6) is 0. The maximum Gasteiger partial charge on any atom is 0.0808 e. The number of hydrogen-bond acceptors (Lipinski definition) is 3. The van der Waals surface area contributed by atoms with Crippen LogP contribution in [0.1, 0.15) is 13.3 Å². The van der Waals surface area contributed by atoms with Crippen molar-refractivity contribution in [1.29, 1.82) is 0 Å². The molecule has 1 radical (unpaired) electrons. The molecule has 0 N–H and O–H groups in total. The van der Waals surface area contributed by atoms with E-state index in [1.807, 2.05) is 6.92 Å². The zero-order valence-electron chi connectivity index (χ0n) is 8.04. The second-order valence-corrected chi connectivity index (χ2v) is 2.43. The minimum atomic E-state index is 0.131. The molecule has 0 aliphatic rings. The Morgan fingerprint density at radius 2 is 2.08 bits per heavy atom. The molecule has 3 heteroatoms. The summed E-state index contributed by atoms with van der Waals surface area (Å²) in [6, 6.07) is 0. The van der Waals surface area contributed by atoms with Crippen molar-refractivity contribution in [2.75, 3.05) is 33.5 Å². The molecule has 0 heterocycles. The largest absolute Gasteiger partial charge is 0.382 e. The number of methoxy groups -OCH3 is 1. The third kappa shape index (κ3) is 6.58. The fourth-order valence-electron chi connectivity index (χ4n) is 0.808. The van der Waals surface area contributed by atoms with Crippen molar-refractivity contribution in [2.24, 2.45) is 0 Å². The molecule has 73 valence electrons. The average molecular weight is 175 g/mol. The summed E-state index contributed by atoms with van der Waals surface area (Å²) in [5.41, 5.74) is 0. The first-order chi connectivity index (χ1) is 5.85. The summed E-state index contributed by atoms with van der Waals surface area (Å²) in [4.78, 5) is 0. The van der Waals surface area contributed by atoms with Crippen LogP contribution in [-0.4, -0.2) is 39.6 Å². The molecule has 0 aromatic carbocycles. The number of ether oxygens (including phenoxy) is 3. The SMILES string of the molecule is [CH2]CC(COCCOC)OCC. The van der Waals surface area contributed by atoms with E-state index in [9.17, 15) is 0 Å². The predicted molar refractivity (Wildman–Crippen MR) is 48.1 cm³/mol. The van der Waals surface area contributed by atoms with Crippen molar-refractivity contribution in [3.8, 4) is 0 Å². The summed E-state index contributed by atoms with van der Waals surface area (Å²) in [6.45, 7) is 8.33. The van der Waals surface area contributed by atoms with E-state index in [2.05, 4.69) is 6.92 Å². The first-order valence-electron chi connectivity index (χ1n) is 4.32. The van der Waals surface area contributed by atoms with E-state index in [4.69, 9.17) is 14.2 Å². The molecule has 0 bridgehead atoms. The summed E-state index contributed by atoms with van der Waals surface area (Å²) >= 11 is 0. The topological polar surface area (TPSA) is 27.7 Å². The molecule has 0 saturated carbocycles. The highest BCUT2D eigenvalue weighted by molar-refractivity contribution is 4.57. The number of rotatable bonds is 8. The predicted octanol–water partition coefficient (Wildman–Crippen LogP) is 1.28. The first kappa shape index (κ1) is 11.9. The molecule has 0 spiro atoms. The smallest absolute Gasteiger partial charge is 0.0808 e. The minimum absolute atomic E-state index is 0.131. The van der Waals surface area contributed by atoms with Gasteiger partial charge in [-0.2, -0.15) is 0 Å². The lowest BCUT2D eigenvalue weighted by Gasteiger charge is -2.14. The second kappa shape index (κ2) is 8.97. The molecular weight excluding hydrogens is 156 g/mol. The fraction of sp³-hybridized carbons (Fsp3) is 0.889. The Bertz CT molecular complexity index is 85.8. The van der Waals surface area contributed by atoms with Gasteiger partial charge in [0.25, 0.3) is 0 Å². The second-order valence-electron chi connectivity index (χ2n) is 2.43. The first-order valence-corrected chi connectivity index (χ1v) is 4.32. The van der Waals surface area contributed by atoms with E-state index in [1.54, 1.807) is 7.11 Å². The lowest BCUT2D eigenvalue weighted by atomic mass is 10.3. The van der Waals surface area contributed by atoms with Crippen LogP contribution in [0, 0.1) is 6.92 Å². The van der Waals surface area contributed by atoms with Crippen molar-refractivity contribution < 1.29 is 14.2 Å². The summed E-state index contributed by atoms with van der Waals surface area (Å²) < 4.78 is 15.5. The summed E-state index contributed by atoms with van der Waals surface area (Å²) in [5, 5.41) is 0. The maximum absolute atomic E-state index is 5.34. The van der Waals surface area contributed by atoms with E-state index >= 15 is 0 Å². The third-order valence-electron chi connectivity index (χ3n) is 1.46. The zero-order valence-corrected chi connectivity index (χ0v) is 8.04. The Kier molecular flexibility index (Phi) is 8.88. The lowest BCUT2D eigenvalue weighted by molar-refractivity contribution is -0.0217. The van der Waals surface area contributed by atoms with Gasteiger partial charge in [-0.15, -0.1) is 0 Å². The van der Waals surface area contributed by atoms with Crippen LogP contribution in [0.4, 0.5) is 0 Å². The molecular formula is C9H19O3. The molecule has 0 aliphatic carbocycles. The van der Waals surface area contributed by atoms with Gasteiger partial charge in [-0.05, 0) is 13.3 Å². The Hall–Kier alpha value is -0.120. The van der Waals surface area contributed by atoms with Gasteiger partial charge in [-0.3, -0.25) is 0 Å². The van der Waals surface area contributed by atoms with Crippen LogP contribution in [0.15, 0.2) is 0 Å². The Morgan fingerprint density at radius 3 is 2.58 bits per heavy atom. The molecule has 12 heavy (non-hydrogen) atoms. The molecule has 0 fully saturated rings. The van der Waals surface area contributed by atoms with Crippen LogP contribution in [0.5, 0.6) is 0 Å². The van der Waals surface area contributed by atoms with E-state index in [-0.39, 0.29) is 6.10 Å². The Balaban J connectivity index is 3.19. The van der Waals surface area contributed by atoms with Crippen LogP contribution in [0.25, 0.3) is 0 Å². The van der Waals surface area contributed by atoms with Gasteiger partial charge >= 0.3 is 0 Å². The third-order valence-corrected chi connectivity index (χ3v) is 1.46. The minimum Gasteiger partial charge on any atom is -0.382 e. The summed E-state index contributed by atoms with van der Waals surface area (Å²) in [7, 11) is 1.66. The molecule has 1 unspecified atom stereocenters. The maximum atomic E-state index is 5.34. The van der Waals surface area contributed by atoms with Crippen molar-refractivity contribution >= 4 is 0 Å². The molecule has 0 amide bonds. The van der Waals surface area contributed by atoms with Gasteiger partial charge in [0, 0.05) is 13.7 Å². The monoisotopic (exact) mass is 175 g/mol. The molecule has 0 aliphatic heterocycles. The van der Waals surface area contributed by atoms with Crippen molar-refractivity contribution in [3.05, 3.63) is 6.92 Å². The number of hydrogen-bond donors (Lipinski definition) is 0. The van der Waals surface area contributed by atoms with Crippen LogP contribution in [0.2, 0.25) is 0 Å². The highest BCUT2D eigenvalue weighted by atomic mass is 16.5. The summed E-state index contributed by atoms with van der Waals surface area (Å²) in [6.07, 6.45) is 0.882. The van der Waals surface area contributed by atoms with Gasteiger partial charge < -0.3 is 14.2 Å². The van der Waals surface area contributed by atoms with Crippen LogP contribution in [0.3, 0.4) is 0 Å². The van der Waals surface area contributed by atoms with Crippen molar-refractivity contribution in [2.45, 2.75) is 19.4 Å².